The third-order valence-electron chi connectivity index (χ3n) is 2.26. The molecule has 0 fully saturated rings. The molecule has 1 aromatic carbocycles. The average molecular weight is 246 g/mol. The van der Waals surface area contributed by atoms with E-state index in [1.807, 2.05) is 30.3 Å². The van der Waals surface area contributed by atoms with Crippen LogP contribution in [0.4, 0.5) is 4.39 Å². The Labute approximate surface area is 103 Å². The molecule has 2 rings (SSSR count). The average Bonchev–Trinajstić information content (AvgIpc) is 2.40. The maximum atomic E-state index is 13.2. The van der Waals surface area contributed by atoms with Crippen molar-refractivity contribution in [3.63, 3.8) is 0 Å². The number of hydrogen-bond donors (Lipinski definition) is 1. The molecule has 4 nitrogen and oxygen atoms in total. The fourth-order valence-corrected chi connectivity index (χ4v) is 1.37. The number of carbonyl (C=O) groups is 1. The van der Waals surface area contributed by atoms with Crippen LogP contribution >= 0.6 is 0 Å². The van der Waals surface area contributed by atoms with E-state index in [1.54, 1.807) is 0 Å². The van der Waals surface area contributed by atoms with Crippen LogP contribution in [0.3, 0.4) is 0 Å². The Balaban J connectivity index is 1.88. The van der Waals surface area contributed by atoms with Gasteiger partial charge in [0.2, 0.25) is 0 Å². The number of aromatic nitrogens is 1. The smallest absolute Gasteiger partial charge is 0.269 e. The highest BCUT2D eigenvalue weighted by Crippen LogP contribution is 2.04. The van der Waals surface area contributed by atoms with E-state index in [4.69, 9.17) is 4.84 Å². The maximum Gasteiger partial charge on any atom is 0.277 e. The normalized spacial score (nSPS) is 10.1. The van der Waals surface area contributed by atoms with Crippen molar-refractivity contribution in [1.82, 2.24) is 10.5 Å². The zero-order valence-electron chi connectivity index (χ0n) is 9.47. The summed E-state index contributed by atoms with van der Waals surface area (Å²) in [6.45, 7) is 0.222. The summed E-state index contributed by atoms with van der Waals surface area (Å²) in [5, 5.41) is 0. The minimum Gasteiger partial charge on any atom is -0.269 e. The predicted molar refractivity (Wildman–Crippen MR) is 62.9 cm³/mol. The first-order valence-corrected chi connectivity index (χ1v) is 5.33. The Hall–Kier alpha value is -2.27. The summed E-state index contributed by atoms with van der Waals surface area (Å²) in [6, 6.07) is 10.6. The Morgan fingerprint density at radius 1 is 1.28 bits per heavy atom. The third-order valence-corrected chi connectivity index (χ3v) is 2.26. The summed E-state index contributed by atoms with van der Waals surface area (Å²) in [4.78, 5) is 20.1. The molecule has 0 radical (unpaired) electrons. The van der Waals surface area contributed by atoms with Gasteiger partial charge < -0.3 is 0 Å². The van der Waals surface area contributed by atoms with E-state index >= 15 is 0 Å². The lowest BCUT2D eigenvalue weighted by Gasteiger charge is -2.06. The van der Waals surface area contributed by atoms with Crippen molar-refractivity contribution in [1.29, 1.82) is 0 Å². The first-order chi connectivity index (χ1) is 8.77. The number of nitrogens with zero attached hydrogens (tertiary/aromatic N) is 1. The molecule has 0 aliphatic rings. The number of hydrogen-bond acceptors (Lipinski definition) is 3. The van der Waals surface area contributed by atoms with E-state index < -0.39 is 11.7 Å². The van der Waals surface area contributed by atoms with Crippen LogP contribution in [0.5, 0.6) is 0 Å². The van der Waals surface area contributed by atoms with Gasteiger partial charge in [-0.05, 0) is 11.6 Å². The molecule has 0 saturated heterocycles. The molecule has 1 aromatic heterocycles. The van der Waals surface area contributed by atoms with Gasteiger partial charge >= 0.3 is 0 Å². The fourth-order valence-electron chi connectivity index (χ4n) is 1.37. The number of benzene rings is 1. The summed E-state index contributed by atoms with van der Waals surface area (Å²) in [5.74, 6) is -1.32. The number of halogens is 1. The second-order valence-electron chi connectivity index (χ2n) is 3.56. The van der Waals surface area contributed by atoms with E-state index in [0.29, 0.717) is 0 Å². The van der Waals surface area contributed by atoms with Gasteiger partial charge in [-0.3, -0.25) is 14.6 Å². The quantitative estimate of drug-likeness (QED) is 0.840. The first kappa shape index (κ1) is 12.2. The molecule has 92 valence electrons. The van der Waals surface area contributed by atoms with Gasteiger partial charge in [-0.1, -0.05) is 30.3 Å². The molecule has 1 N–H and O–H groups in total. The monoisotopic (exact) mass is 246 g/mol. The number of amides is 1. The van der Waals surface area contributed by atoms with Crippen molar-refractivity contribution in [3.8, 4) is 0 Å². The van der Waals surface area contributed by atoms with Gasteiger partial charge in [-0.15, -0.1) is 0 Å². The number of carbonyl (C=O) groups excluding carboxylic acids is 1. The highest BCUT2D eigenvalue weighted by Gasteiger charge is 2.10. The number of pyridine rings is 1. The molecule has 0 spiro atoms. The molecule has 0 bridgehead atoms. The Bertz CT molecular complexity index is 532. The fraction of sp³-hybridized carbons (Fsp3) is 0.0769. The van der Waals surface area contributed by atoms with Gasteiger partial charge in [0.05, 0.1) is 18.4 Å². The van der Waals surface area contributed by atoms with Crippen molar-refractivity contribution in [2.24, 2.45) is 0 Å². The molecule has 0 unspecified atom stereocenters. The van der Waals surface area contributed by atoms with Crippen LogP contribution in [0.15, 0.2) is 48.8 Å². The third kappa shape index (κ3) is 3.11. The van der Waals surface area contributed by atoms with Crippen molar-refractivity contribution >= 4 is 5.91 Å². The molecule has 1 heterocycles. The minimum absolute atomic E-state index is 0.0990. The van der Waals surface area contributed by atoms with E-state index in [-0.39, 0.29) is 12.2 Å². The summed E-state index contributed by atoms with van der Waals surface area (Å²) in [5.41, 5.74) is 2.99. The second kappa shape index (κ2) is 5.88. The molecule has 0 aliphatic carbocycles. The van der Waals surface area contributed by atoms with Gasteiger partial charge in [0.1, 0.15) is 0 Å². The van der Waals surface area contributed by atoms with Gasteiger partial charge in [-0.2, -0.15) is 0 Å². The van der Waals surface area contributed by atoms with E-state index in [1.165, 1.54) is 12.3 Å². The van der Waals surface area contributed by atoms with Crippen LogP contribution in [0.2, 0.25) is 0 Å². The Morgan fingerprint density at radius 3 is 2.78 bits per heavy atom. The number of hydroxylamine groups is 1. The maximum absolute atomic E-state index is 13.2. The molecule has 18 heavy (non-hydrogen) atoms. The minimum atomic E-state index is -0.682. The standard InChI is InChI=1S/C13H11FN2O2/c14-12-8-15-7-6-11(12)13(17)16-18-9-10-4-2-1-3-5-10/h1-8H,9H2,(H,16,17). The largest absolute Gasteiger partial charge is 0.277 e. The van der Waals surface area contributed by atoms with Crippen LogP contribution in [0, 0.1) is 5.82 Å². The van der Waals surface area contributed by atoms with Gasteiger partial charge in [-0.25, -0.2) is 9.87 Å². The molecular formula is C13H11FN2O2. The molecule has 1 amide bonds. The van der Waals surface area contributed by atoms with Crippen LogP contribution in [-0.2, 0) is 11.4 Å². The molecule has 2 aromatic rings. The predicted octanol–water partition coefficient (Wildman–Crippen LogP) is 2.08. The van der Waals surface area contributed by atoms with Crippen LogP contribution in [0.25, 0.3) is 0 Å². The van der Waals surface area contributed by atoms with Crippen molar-refractivity contribution < 1.29 is 14.0 Å². The van der Waals surface area contributed by atoms with Crippen LogP contribution in [-0.4, -0.2) is 10.9 Å². The lowest BCUT2D eigenvalue weighted by molar-refractivity contribution is 0.0230. The molecule has 0 aliphatic heterocycles. The molecule has 5 heteroatoms. The van der Waals surface area contributed by atoms with Crippen LogP contribution < -0.4 is 5.48 Å². The number of nitrogens with one attached hydrogen (secondary N) is 1. The molecule has 0 atom stereocenters. The highest BCUT2D eigenvalue weighted by molar-refractivity contribution is 5.93. The van der Waals surface area contributed by atoms with E-state index in [9.17, 15) is 9.18 Å². The van der Waals surface area contributed by atoms with E-state index in [2.05, 4.69) is 10.5 Å². The van der Waals surface area contributed by atoms with Gasteiger partial charge in [0.25, 0.3) is 5.91 Å². The Morgan fingerprint density at radius 2 is 2.06 bits per heavy atom. The van der Waals surface area contributed by atoms with Crippen molar-refractivity contribution in [2.75, 3.05) is 0 Å². The Kier molecular flexibility index (Phi) is 3.98. The van der Waals surface area contributed by atoms with Gasteiger partial charge in [0, 0.05) is 6.20 Å². The zero-order valence-corrected chi connectivity index (χ0v) is 9.47. The van der Waals surface area contributed by atoms with Crippen LogP contribution in [0.1, 0.15) is 15.9 Å². The lowest BCUT2D eigenvalue weighted by atomic mass is 10.2. The molecule has 0 saturated carbocycles. The first-order valence-electron chi connectivity index (χ1n) is 5.33. The van der Waals surface area contributed by atoms with Crippen molar-refractivity contribution in [2.45, 2.75) is 6.61 Å². The molecular weight excluding hydrogens is 235 g/mol. The summed E-state index contributed by atoms with van der Waals surface area (Å²) in [6.07, 6.45) is 2.32. The van der Waals surface area contributed by atoms with Crippen molar-refractivity contribution in [3.05, 3.63) is 65.7 Å². The summed E-state index contributed by atoms with van der Waals surface area (Å²) < 4.78 is 13.2. The summed E-state index contributed by atoms with van der Waals surface area (Å²) >= 11 is 0. The van der Waals surface area contributed by atoms with Gasteiger partial charge in [0.15, 0.2) is 5.82 Å². The lowest BCUT2D eigenvalue weighted by Crippen LogP contribution is -2.24. The highest BCUT2D eigenvalue weighted by atomic mass is 19.1. The zero-order chi connectivity index (χ0) is 12.8. The van der Waals surface area contributed by atoms with E-state index in [0.717, 1.165) is 11.8 Å². The number of rotatable bonds is 4. The second-order valence-corrected chi connectivity index (χ2v) is 3.56. The topological polar surface area (TPSA) is 51.2 Å². The SMILES string of the molecule is O=C(NOCc1ccccc1)c1ccncc1F. The summed E-state index contributed by atoms with van der Waals surface area (Å²) in [7, 11) is 0.